The van der Waals surface area contributed by atoms with E-state index in [0.717, 1.165) is 23.7 Å². The first-order chi connectivity index (χ1) is 14.9. The Morgan fingerprint density at radius 1 is 1.06 bits per heavy atom. The number of hydrogen-bond donors (Lipinski definition) is 1. The predicted molar refractivity (Wildman–Crippen MR) is 128 cm³/mol. The molecule has 0 aromatic heterocycles. The Bertz CT molecular complexity index is 1140. The lowest BCUT2D eigenvalue weighted by molar-refractivity contribution is -0.122. The minimum atomic E-state index is -0.363. The fourth-order valence-electron chi connectivity index (χ4n) is 3.69. The number of anilines is 2. The highest BCUT2D eigenvalue weighted by Crippen LogP contribution is 2.44. The molecule has 1 N–H and O–H groups in total. The first-order valence-corrected chi connectivity index (χ1v) is 11.2. The lowest BCUT2D eigenvalue weighted by atomic mass is 10.1. The first kappa shape index (κ1) is 21.3. The van der Waals surface area contributed by atoms with Crippen molar-refractivity contribution < 1.29 is 14.4 Å². The van der Waals surface area contributed by atoms with Crippen molar-refractivity contribution in [1.82, 2.24) is 4.90 Å². The van der Waals surface area contributed by atoms with Crippen LogP contribution in [0.2, 0.25) is 0 Å². The van der Waals surface area contributed by atoms with Crippen molar-refractivity contribution in [3.63, 3.8) is 0 Å². The van der Waals surface area contributed by atoms with Crippen molar-refractivity contribution in [2.45, 2.75) is 20.3 Å². The summed E-state index contributed by atoms with van der Waals surface area (Å²) in [5, 5.41) is 2.83. The van der Waals surface area contributed by atoms with E-state index in [9.17, 15) is 14.4 Å². The summed E-state index contributed by atoms with van der Waals surface area (Å²) < 4.78 is 0.454. The molecule has 8 heteroatoms. The Morgan fingerprint density at radius 3 is 2.58 bits per heavy atom. The highest BCUT2D eigenvalue weighted by Gasteiger charge is 2.42. The van der Waals surface area contributed by atoms with Gasteiger partial charge in [0.1, 0.15) is 10.9 Å². The average molecular weight is 452 g/mol. The van der Waals surface area contributed by atoms with Gasteiger partial charge in [0.25, 0.3) is 11.8 Å². The molecule has 0 unspecified atom stereocenters. The SMILES string of the molecule is CCCN1C(=O)C(=C2C(=O)N(CC(=O)Nc3cccc(C)c3)c3ccccc32)SC1=S. The zero-order chi connectivity index (χ0) is 22.1. The van der Waals surface area contributed by atoms with Crippen molar-refractivity contribution in [2.75, 3.05) is 23.3 Å². The molecule has 2 aliphatic heterocycles. The van der Waals surface area contributed by atoms with E-state index in [1.54, 1.807) is 18.2 Å². The minimum absolute atomic E-state index is 0.150. The lowest BCUT2D eigenvalue weighted by Crippen LogP contribution is -2.35. The van der Waals surface area contributed by atoms with Crippen LogP contribution in [-0.4, -0.2) is 40.0 Å². The molecule has 0 saturated carbocycles. The molecule has 1 fully saturated rings. The molecule has 0 atom stereocenters. The summed E-state index contributed by atoms with van der Waals surface area (Å²) in [5.74, 6) is -0.924. The van der Waals surface area contributed by atoms with Crippen LogP contribution in [0.3, 0.4) is 0 Å². The molecule has 0 aliphatic carbocycles. The summed E-state index contributed by atoms with van der Waals surface area (Å²) in [7, 11) is 0. The van der Waals surface area contributed by atoms with Crippen LogP contribution in [0.25, 0.3) is 5.57 Å². The standard InChI is InChI=1S/C23H21N3O3S2/c1-3-11-25-22(29)20(31-23(25)30)19-16-9-4-5-10-17(16)26(21(19)28)13-18(27)24-15-8-6-7-14(2)12-15/h4-10,12H,3,11,13H2,1-2H3,(H,24,27). The van der Waals surface area contributed by atoms with Gasteiger partial charge in [-0.25, -0.2) is 0 Å². The summed E-state index contributed by atoms with van der Waals surface area (Å²) in [6.07, 6.45) is 0.769. The van der Waals surface area contributed by atoms with Crippen LogP contribution in [0.1, 0.15) is 24.5 Å². The molecule has 2 aliphatic rings. The summed E-state index contributed by atoms with van der Waals surface area (Å²) in [4.78, 5) is 42.3. The monoisotopic (exact) mass is 451 g/mol. The number of carbonyl (C=O) groups is 3. The molecule has 0 spiro atoms. The van der Waals surface area contributed by atoms with Gasteiger partial charge >= 0.3 is 0 Å². The lowest BCUT2D eigenvalue weighted by Gasteiger charge is -2.17. The normalized spacial score (nSPS) is 18.1. The smallest absolute Gasteiger partial charge is 0.267 e. The van der Waals surface area contributed by atoms with Gasteiger partial charge in [-0.3, -0.25) is 24.2 Å². The third-order valence-electron chi connectivity index (χ3n) is 5.05. The number of carbonyl (C=O) groups excluding carboxylic acids is 3. The number of aryl methyl sites for hydroxylation is 1. The number of hydrogen-bond acceptors (Lipinski definition) is 5. The molecule has 2 aromatic carbocycles. The minimum Gasteiger partial charge on any atom is -0.325 e. The number of nitrogens with zero attached hydrogens (tertiary/aromatic N) is 2. The Hall–Kier alpha value is -2.97. The van der Waals surface area contributed by atoms with E-state index in [-0.39, 0.29) is 24.3 Å². The van der Waals surface area contributed by atoms with E-state index < -0.39 is 0 Å². The molecule has 158 valence electrons. The Balaban J connectivity index is 1.65. The summed E-state index contributed by atoms with van der Waals surface area (Å²) in [6, 6.07) is 14.7. The van der Waals surface area contributed by atoms with Crippen molar-refractivity contribution in [2.24, 2.45) is 0 Å². The van der Waals surface area contributed by atoms with Gasteiger partial charge in [-0.1, -0.05) is 61.2 Å². The number of rotatable bonds is 5. The van der Waals surface area contributed by atoms with E-state index in [2.05, 4.69) is 5.32 Å². The largest absolute Gasteiger partial charge is 0.325 e. The Kier molecular flexibility index (Phi) is 5.93. The highest BCUT2D eigenvalue weighted by molar-refractivity contribution is 8.26. The second-order valence-electron chi connectivity index (χ2n) is 7.35. The molecule has 2 aromatic rings. The van der Waals surface area contributed by atoms with Crippen molar-refractivity contribution in [1.29, 1.82) is 0 Å². The Labute approximate surface area is 190 Å². The van der Waals surface area contributed by atoms with E-state index in [1.807, 2.05) is 44.2 Å². The summed E-state index contributed by atoms with van der Waals surface area (Å²) in [6.45, 7) is 4.27. The molecule has 3 amide bonds. The number of thiocarbonyl (C=S) groups is 1. The first-order valence-electron chi connectivity index (χ1n) is 9.96. The number of fused-ring (bicyclic) bond motifs is 1. The maximum absolute atomic E-state index is 13.4. The fourth-order valence-corrected chi connectivity index (χ4v) is 5.07. The van der Waals surface area contributed by atoms with Gasteiger partial charge in [0.05, 0.1) is 16.2 Å². The molecule has 0 radical (unpaired) electrons. The van der Waals surface area contributed by atoms with Gasteiger partial charge in [-0.05, 0) is 37.1 Å². The molecule has 2 heterocycles. The zero-order valence-electron chi connectivity index (χ0n) is 17.2. The van der Waals surface area contributed by atoms with Crippen LogP contribution in [0.15, 0.2) is 53.4 Å². The van der Waals surface area contributed by atoms with Gasteiger partial charge in [0.2, 0.25) is 5.91 Å². The van der Waals surface area contributed by atoms with Crippen LogP contribution in [0, 0.1) is 6.92 Å². The molecular weight excluding hydrogens is 430 g/mol. The van der Waals surface area contributed by atoms with Gasteiger partial charge in [0.15, 0.2) is 0 Å². The number of nitrogens with one attached hydrogen (secondary N) is 1. The van der Waals surface area contributed by atoms with Gasteiger partial charge in [0, 0.05) is 17.8 Å². The third kappa shape index (κ3) is 4.00. The summed E-state index contributed by atoms with van der Waals surface area (Å²) in [5.41, 5.74) is 3.27. The number of thioether (sulfide) groups is 1. The van der Waals surface area contributed by atoms with Gasteiger partial charge in [-0.15, -0.1) is 0 Å². The van der Waals surface area contributed by atoms with Crippen molar-refractivity contribution in [3.8, 4) is 0 Å². The van der Waals surface area contributed by atoms with Crippen LogP contribution < -0.4 is 10.2 Å². The van der Waals surface area contributed by atoms with Crippen LogP contribution in [0.5, 0.6) is 0 Å². The molecule has 0 bridgehead atoms. The van der Waals surface area contributed by atoms with E-state index in [0.29, 0.717) is 38.3 Å². The fraction of sp³-hybridized carbons (Fsp3) is 0.217. The molecule has 6 nitrogen and oxygen atoms in total. The number of benzene rings is 2. The van der Waals surface area contributed by atoms with Crippen molar-refractivity contribution in [3.05, 3.63) is 64.6 Å². The average Bonchev–Trinajstić information content (AvgIpc) is 3.16. The van der Waals surface area contributed by atoms with Gasteiger partial charge < -0.3 is 5.32 Å². The highest BCUT2D eigenvalue weighted by atomic mass is 32.2. The van der Waals surface area contributed by atoms with E-state index >= 15 is 0 Å². The van der Waals surface area contributed by atoms with Gasteiger partial charge in [-0.2, -0.15) is 0 Å². The third-order valence-corrected chi connectivity index (χ3v) is 6.50. The number of amides is 3. The predicted octanol–water partition coefficient (Wildman–Crippen LogP) is 3.96. The second-order valence-corrected chi connectivity index (χ2v) is 9.00. The van der Waals surface area contributed by atoms with E-state index in [1.165, 1.54) is 9.80 Å². The summed E-state index contributed by atoms with van der Waals surface area (Å²) >= 11 is 6.51. The quantitative estimate of drug-likeness (QED) is 0.550. The van der Waals surface area contributed by atoms with Crippen molar-refractivity contribution >= 4 is 63.0 Å². The molecule has 4 rings (SSSR count). The van der Waals surface area contributed by atoms with Crippen LogP contribution >= 0.6 is 24.0 Å². The number of para-hydroxylation sites is 1. The van der Waals surface area contributed by atoms with Crippen LogP contribution in [0.4, 0.5) is 11.4 Å². The van der Waals surface area contributed by atoms with E-state index in [4.69, 9.17) is 12.2 Å². The maximum atomic E-state index is 13.4. The topological polar surface area (TPSA) is 69.7 Å². The zero-order valence-corrected chi connectivity index (χ0v) is 18.8. The Morgan fingerprint density at radius 2 is 1.84 bits per heavy atom. The maximum Gasteiger partial charge on any atom is 0.267 e. The molecule has 1 saturated heterocycles. The second kappa shape index (κ2) is 8.64. The molecule has 31 heavy (non-hydrogen) atoms. The molecular formula is C23H21N3O3S2. The van der Waals surface area contributed by atoms with Crippen LogP contribution in [-0.2, 0) is 14.4 Å².